The number of aryl methyl sites for hydroxylation is 1. The van der Waals surface area contributed by atoms with E-state index in [4.69, 9.17) is 4.42 Å². The predicted octanol–water partition coefficient (Wildman–Crippen LogP) is -0.0874. The summed E-state index contributed by atoms with van der Waals surface area (Å²) < 4.78 is 31.6. The van der Waals surface area contributed by atoms with Crippen LogP contribution in [0.25, 0.3) is 0 Å². The van der Waals surface area contributed by atoms with E-state index < -0.39 is 10.0 Å². The van der Waals surface area contributed by atoms with Crippen molar-refractivity contribution in [2.45, 2.75) is 13.5 Å². The molecule has 2 heterocycles. The highest BCUT2D eigenvalue weighted by atomic mass is 32.2. The lowest BCUT2D eigenvalue weighted by atomic mass is 10.4. The lowest BCUT2D eigenvalue weighted by Gasteiger charge is -2.26. The summed E-state index contributed by atoms with van der Waals surface area (Å²) in [5.74, 6) is 1.56. The lowest BCUT2D eigenvalue weighted by molar-refractivity contribution is 0.253. The first kappa shape index (κ1) is 14.5. The smallest absolute Gasteiger partial charge is 0.213 e. The SMILES string of the molecule is Cc1ccc(CNS(=O)(=O)CCN2CCNCC2)o1. The Balaban J connectivity index is 1.75. The van der Waals surface area contributed by atoms with Gasteiger partial charge in [-0.15, -0.1) is 0 Å². The molecule has 0 aliphatic carbocycles. The molecular weight excluding hydrogens is 266 g/mol. The fourth-order valence-electron chi connectivity index (χ4n) is 2.02. The van der Waals surface area contributed by atoms with E-state index in [1.807, 2.05) is 13.0 Å². The molecule has 108 valence electrons. The highest BCUT2D eigenvalue weighted by Gasteiger charge is 2.15. The van der Waals surface area contributed by atoms with Crippen molar-refractivity contribution in [2.75, 3.05) is 38.5 Å². The van der Waals surface area contributed by atoms with Crippen LogP contribution in [0, 0.1) is 6.92 Å². The van der Waals surface area contributed by atoms with Gasteiger partial charge >= 0.3 is 0 Å². The molecule has 0 unspecified atom stereocenters. The molecule has 6 nitrogen and oxygen atoms in total. The van der Waals surface area contributed by atoms with Crippen molar-refractivity contribution in [2.24, 2.45) is 0 Å². The zero-order valence-electron chi connectivity index (χ0n) is 11.2. The zero-order valence-corrected chi connectivity index (χ0v) is 12.0. The molecule has 2 rings (SSSR count). The van der Waals surface area contributed by atoms with Crippen molar-refractivity contribution in [1.29, 1.82) is 0 Å². The summed E-state index contributed by atoms with van der Waals surface area (Å²) in [4.78, 5) is 2.16. The molecule has 0 amide bonds. The highest BCUT2D eigenvalue weighted by molar-refractivity contribution is 7.89. The van der Waals surface area contributed by atoms with Gasteiger partial charge in [-0.1, -0.05) is 0 Å². The maximum absolute atomic E-state index is 11.9. The summed E-state index contributed by atoms with van der Waals surface area (Å²) in [5.41, 5.74) is 0. The maximum Gasteiger partial charge on any atom is 0.213 e. The lowest BCUT2D eigenvalue weighted by Crippen LogP contribution is -2.45. The van der Waals surface area contributed by atoms with Crippen LogP contribution in [-0.4, -0.2) is 51.8 Å². The second-order valence-corrected chi connectivity index (χ2v) is 6.67. The van der Waals surface area contributed by atoms with E-state index in [0.717, 1.165) is 31.9 Å². The summed E-state index contributed by atoms with van der Waals surface area (Å²) >= 11 is 0. The van der Waals surface area contributed by atoms with Crippen LogP contribution in [0.4, 0.5) is 0 Å². The molecule has 0 atom stereocenters. The summed E-state index contributed by atoms with van der Waals surface area (Å²) in [7, 11) is -3.24. The number of rotatable bonds is 6. The fourth-order valence-corrected chi connectivity index (χ4v) is 3.02. The first-order valence-corrected chi connectivity index (χ1v) is 8.16. The molecule has 1 fully saturated rings. The van der Waals surface area contributed by atoms with Crippen LogP contribution >= 0.6 is 0 Å². The summed E-state index contributed by atoms with van der Waals surface area (Å²) in [6.07, 6.45) is 0. The topological polar surface area (TPSA) is 74.6 Å². The molecule has 2 N–H and O–H groups in total. The first-order chi connectivity index (χ1) is 9.05. The number of nitrogens with zero attached hydrogens (tertiary/aromatic N) is 1. The molecular formula is C12H21N3O3S. The zero-order chi connectivity index (χ0) is 13.7. The van der Waals surface area contributed by atoms with Crippen molar-refractivity contribution in [3.05, 3.63) is 23.7 Å². The number of furan rings is 1. The maximum atomic E-state index is 11.9. The van der Waals surface area contributed by atoms with Crippen LogP contribution in [0.15, 0.2) is 16.5 Å². The van der Waals surface area contributed by atoms with Gasteiger partial charge in [-0.25, -0.2) is 13.1 Å². The van der Waals surface area contributed by atoms with Gasteiger partial charge in [-0.3, -0.25) is 4.90 Å². The van der Waals surface area contributed by atoms with Crippen LogP contribution in [-0.2, 0) is 16.6 Å². The number of nitrogens with one attached hydrogen (secondary N) is 2. The quantitative estimate of drug-likeness (QED) is 0.765. The van der Waals surface area contributed by atoms with E-state index in [-0.39, 0.29) is 12.3 Å². The molecule has 1 aliphatic heterocycles. The fraction of sp³-hybridized carbons (Fsp3) is 0.667. The van der Waals surface area contributed by atoms with Crippen LogP contribution in [0.5, 0.6) is 0 Å². The minimum absolute atomic E-state index is 0.132. The van der Waals surface area contributed by atoms with E-state index in [9.17, 15) is 8.42 Å². The van der Waals surface area contributed by atoms with Gasteiger partial charge in [0, 0.05) is 32.7 Å². The molecule has 0 bridgehead atoms. The molecule has 0 radical (unpaired) electrons. The molecule has 19 heavy (non-hydrogen) atoms. The van der Waals surface area contributed by atoms with Crippen LogP contribution in [0.2, 0.25) is 0 Å². The molecule has 0 spiro atoms. The first-order valence-electron chi connectivity index (χ1n) is 6.51. The average molecular weight is 287 g/mol. The average Bonchev–Trinajstić information content (AvgIpc) is 2.82. The Hall–Kier alpha value is -0.890. The minimum Gasteiger partial charge on any atom is -0.465 e. The summed E-state index contributed by atoms with van der Waals surface area (Å²) in [6.45, 7) is 6.31. The Kier molecular flexibility index (Phi) is 4.98. The van der Waals surface area contributed by atoms with E-state index in [1.54, 1.807) is 6.07 Å². The Morgan fingerprint density at radius 1 is 1.37 bits per heavy atom. The van der Waals surface area contributed by atoms with E-state index >= 15 is 0 Å². The molecule has 1 saturated heterocycles. The van der Waals surface area contributed by atoms with Gasteiger partial charge < -0.3 is 9.73 Å². The van der Waals surface area contributed by atoms with Gasteiger partial charge in [0.25, 0.3) is 0 Å². The van der Waals surface area contributed by atoms with Crippen molar-refractivity contribution < 1.29 is 12.8 Å². The second kappa shape index (κ2) is 6.51. The van der Waals surface area contributed by atoms with Gasteiger partial charge in [0.15, 0.2) is 0 Å². The third kappa shape index (κ3) is 4.94. The number of piperazine rings is 1. The van der Waals surface area contributed by atoms with Crippen LogP contribution in [0.3, 0.4) is 0 Å². The second-order valence-electron chi connectivity index (χ2n) is 4.74. The number of hydrogen-bond donors (Lipinski definition) is 2. The monoisotopic (exact) mass is 287 g/mol. The normalized spacial score (nSPS) is 17.7. The van der Waals surface area contributed by atoms with Crippen LogP contribution in [0.1, 0.15) is 11.5 Å². The largest absolute Gasteiger partial charge is 0.465 e. The third-order valence-electron chi connectivity index (χ3n) is 3.15. The standard InChI is InChI=1S/C12H21N3O3S/c1-11-2-3-12(18-11)10-14-19(16,17)9-8-15-6-4-13-5-7-15/h2-3,13-14H,4-10H2,1H3. The molecule has 1 aromatic heterocycles. The van der Waals surface area contributed by atoms with Crippen molar-refractivity contribution in [3.63, 3.8) is 0 Å². The predicted molar refractivity (Wildman–Crippen MR) is 73.4 cm³/mol. The van der Waals surface area contributed by atoms with Gasteiger partial charge in [0.1, 0.15) is 11.5 Å². The summed E-state index contributed by atoms with van der Waals surface area (Å²) in [6, 6.07) is 3.61. The Bertz CT molecular complexity index is 492. The highest BCUT2D eigenvalue weighted by Crippen LogP contribution is 2.06. The van der Waals surface area contributed by atoms with Gasteiger partial charge in [-0.05, 0) is 19.1 Å². The Labute approximate surface area is 114 Å². The Morgan fingerprint density at radius 2 is 2.11 bits per heavy atom. The minimum atomic E-state index is -3.24. The van der Waals surface area contributed by atoms with Crippen molar-refractivity contribution in [1.82, 2.24) is 14.9 Å². The van der Waals surface area contributed by atoms with Crippen LogP contribution < -0.4 is 10.0 Å². The van der Waals surface area contributed by atoms with Gasteiger partial charge in [-0.2, -0.15) is 0 Å². The van der Waals surface area contributed by atoms with E-state index in [2.05, 4.69) is 14.9 Å². The molecule has 1 aromatic rings. The summed E-state index contributed by atoms with van der Waals surface area (Å²) in [5, 5.41) is 3.24. The molecule has 7 heteroatoms. The van der Waals surface area contributed by atoms with Gasteiger partial charge in [0.05, 0.1) is 12.3 Å². The molecule has 0 aromatic carbocycles. The Morgan fingerprint density at radius 3 is 2.74 bits per heavy atom. The number of sulfonamides is 1. The van der Waals surface area contributed by atoms with Crippen molar-refractivity contribution >= 4 is 10.0 Å². The van der Waals surface area contributed by atoms with E-state index in [1.165, 1.54) is 0 Å². The van der Waals surface area contributed by atoms with E-state index in [0.29, 0.717) is 12.3 Å². The molecule has 1 aliphatic rings. The molecule has 0 saturated carbocycles. The van der Waals surface area contributed by atoms with Gasteiger partial charge in [0.2, 0.25) is 10.0 Å². The van der Waals surface area contributed by atoms with Crippen molar-refractivity contribution in [3.8, 4) is 0 Å². The third-order valence-corrected chi connectivity index (χ3v) is 4.45. The number of hydrogen-bond acceptors (Lipinski definition) is 5.